The van der Waals surface area contributed by atoms with Crippen molar-refractivity contribution in [2.24, 2.45) is 13.0 Å². The molecule has 1 fully saturated rings. The number of aromatic nitrogens is 2. The molecule has 31 heavy (non-hydrogen) atoms. The zero-order valence-electron chi connectivity index (χ0n) is 17.6. The molecule has 0 N–H and O–H groups in total. The number of hydrogen-bond donors (Lipinski definition) is 0. The molecule has 1 aliphatic heterocycles. The Morgan fingerprint density at radius 2 is 1.65 bits per heavy atom. The van der Waals surface area contributed by atoms with Crippen LogP contribution in [0.1, 0.15) is 28.7 Å². The van der Waals surface area contributed by atoms with Crippen molar-refractivity contribution in [1.82, 2.24) is 14.4 Å². The van der Waals surface area contributed by atoms with E-state index in [1.54, 1.807) is 25.5 Å². The first-order chi connectivity index (χ1) is 14.5. The monoisotopic (exact) mass is 436 g/mol. The number of imide groups is 2. The number of ether oxygens (including phenoxy) is 1. The van der Waals surface area contributed by atoms with Crippen molar-refractivity contribution in [1.29, 1.82) is 0 Å². The van der Waals surface area contributed by atoms with Crippen LogP contribution in [-0.2, 0) is 16.6 Å². The number of urea groups is 1. The Morgan fingerprint density at radius 3 is 2.13 bits per heavy atom. The van der Waals surface area contributed by atoms with Crippen LogP contribution in [0.3, 0.4) is 0 Å². The van der Waals surface area contributed by atoms with Gasteiger partial charge in [0.25, 0.3) is 5.82 Å². The summed E-state index contributed by atoms with van der Waals surface area (Å²) in [4.78, 5) is 39.9. The molecule has 0 radical (unpaired) electrons. The van der Waals surface area contributed by atoms with Crippen LogP contribution in [0.15, 0.2) is 24.3 Å². The molecule has 0 unspecified atom stereocenters. The van der Waals surface area contributed by atoms with Gasteiger partial charge in [-0.2, -0.15) is 8.78 Å². The molecule has 0 saturated carbocycles. The van der Waals surface area contributed by atoms with Gasteiger partial charge in [0.1, 0.15) is 29.0 Å². The van der Waals surface area contributed by atoms with Crippen LogP contribution in [0.5, 0.6) is 5.75 Å². The summed E-state index contributed by atoms with van der Waals surface area (Å²) >= 11 is 0. The molecule has 0 spiro atoms. The van der Waals surface area contributed by atoms with Gasteiger partial charge in [0, 0.05) is 27.9 Å². The molecule has 9 nitrogen and oxygen atoms in total. The fourth-order valence-corrected chi connectivity index (χ4v) is 3.80. The molecule has 4 amide bonds. The molecular weight excluding hydrogens is 414 g/mol. The van der Waals surface area contributed by atoms with Crippen LogP contribution < -0.4 is 9.47 Å². The second-order valence-corrected chi connectivity index (χ2v) is 7.37. The van der Waals surface area contributed by atoms with Gasteiger partial charge in [0.15, 0.2) is 0 Å². The van der Waals surface area contributed by atoms with E-state index in [0.717, 1.165) is 9.80 Å². The number of carbonyl (C=O) groups excluding carboxylic acids is 3. The summed E-state index contributed by atoms with van der Waals surface area (Å²) in [6.45, 7) is 0.212. The second-order valence-electron chi connectivity index (χ2n) is 7.37. The highest BCUT2D eigenvalue weighted by Gasteiger charge is 2.51. The van der Waals surface area contributed by atoms with Gasteiger partial charge in [-0.3, -0.25) is 19.4 Å². The van der Waals surface area contributed by atoms with E-state index in [0.29, 0.717) is 16.1 Å². The highest BCUT2D eigenvalue weighted by molar-refractivity contribution is 6.16. The quantitative estimate of drug-likeness (QED) is 0.403. The number of barbiturate groups is 1. The van der Waals surface area contributed by atoms with Gasteiger partial charge in [-0.1, -0.05) is 12.1 Å². The smallest absolute Gasteiger partial charge is 0.387 e. The zero-order chi connectivity index (χ0) is 23.2. The fourth-order valence-electron chi connectivity index (χ4n) is 3.80. The summed E-state index contributed by atoms with van der Waals surface area (Å²) in [6, 6.07) is 4.69. The molecule has 1 atom stereocenters. The zero-order valence-corrected chi connectivity index (χ0v) is 17.6. The van der Waals surface area contributed by atoms with E-state index in [4.69, 9.17) is 0 Å². The largest absolute Gasteiger partial charge is 0.711 e. The van der Waals surface area contributed by atoms with Crippen molar-refractivity contribution in [3.05, 3.63) is 52.2 Å². The first-order valence-corrected chi connectivity index (χ1v) is 9.36. The highest BCUT2D eigenvalue weighted by Crippen LogP contribution is 2.37. The molecule has 2 heterocycles. The maximum atomic E-state index is 13.0. The summed E-state index contributed by atoms with van der Waals surface area (Å²) in [7, 11) is 4.08. The maximum absolute atomic E-state index is 13.0. The lowest BCUT2D eigenvalue weighted by Crippen LogP contribution is -2.59. The molecule has 1 aromatic heterocycles. The highest BCUT2D eigenvalue weighted by atomic mass is 19.3. The van der Waals surface area contributed by atoms with Gasteiger partial charge in [-0.05, 0) is 17.7 Å². The summed E-state index contributed by atoms with van der Waals surface area (Å²) in [5.74, 6) is -4.33. The lowest BCUT2D eigenvalue weighted by Gasteiger charge is -2.35. The Morgan fingerprint density at radius 1 is 1.06 bits per heavy atom. The maximum Gasteiger partial charge on any atom is 0.387 e. The summed E-state index contributed by atoms with van der Waals surface area (Å²) in [5, 5.41) is 13.0. The van der Waals surface area contributed by atoms with Crippen molar-refractivity contribution in [3.8, 4) is 5.75 Å². The normalized spacial score (nSPS) is 16.5. The van der Waals surface area contributed by atoms with Crippen LogP contribution in [0.2, 0.25) is 0 Å². The Kier molecular flexibility index (Phi) is 5.70. The lowest BCUT2D eigenvalue weighted by molar-refractivity contribution is -0.621. The predicted molar refractivity (Wildman–Crippen MR) is 103 cm³/mol. The van der Waals surface area contributed by atoms with E-state index in [1.807, 2.05) is 0 Å². The van der Waals surface area contributed by atoms with Crippen molar-refractivity contribution in [2.45, 2.75) is 26.4 Å². The summed E-state index contributed by atoms with van der Waals surface area (Å²) < 4.78 is 32.1. The number of imidazole rings is 1. The average molecular weight is 436 g/mol. The van der Waals surface area contributed by atoms with Gasteiger partial charge in [0.05, 0.1) is 7.05 Å². The Labute approximate surface area is 177 Å². The Bertz CT molecular complexity index is 1020. The molecule has 0 bridgehead atoms. The summed E-state index contributed by atoms with van der Waals surface area (Å²) in [5.41, 5.74) is 1.20. The number of carbonyl (C=O) groups is 3. The van der Waals surface area contributed by atoms with Crippen molar-refractivity contribution in [3.63, 3.8) is 0 Å². The van der Waals surface area contributed by atoms with Crippen molar-refractivity contribution >= 4 is 17.8 Å². The van der Waals surface area contributed by atoms with E-state index < -0.39 is 36.3 Å². The minimum atomic E-state index is -3.08. The van der Waals surface area contributed by atoms with Gasteiger partial charge < -0.3 is 9.94 Å². The van der Waals surface area contributed by atoms with Crippen LogP contribution in [-0.4, -0.2) is 52.9 Å². The third kappa shape index (κ3) is 3.60. The number of rotatable bonds is 5. The van der Waals surface area contributed by atoms with Gasteiger partial charge >= 0.3 is 12.6 Å². The number of halogens is 2. The van der Waals surface area contributed by atoms with Crippen LogP contribution in [0.25, 0.3) is 0 Å². The molecule has 1 aromatic carbocycles. The number of alkyl halides is 2. The number of benzene rings is 1. The topological polar surface area (TPSA) is 98.8 Å². The molecule has 11 heteroatoms. The van der Waals surface area contributed by atoms with Crippen LogP contribution >= 0.6 is 0 Å². The van der Waals surface area contributed by atoms with Crippen LogP contribution in [0.4, 0.5) is 13.6 Å². The number of amides is 4. The summed E-state index contributed by atoms with van der Waals surface area (Å²) in [6.07, 6.45) is 0. The fraction of sp³-hybridized carbons (Fsp3) is 0.400. The molecule has 166 valence electrons. The van der Waals surface area contributed by atoms with E-state index in [2.05, 4.69) is 4.74 Å². The molecule has 1 aliphatic rings. The molecular formula is C20H22F2N4O5. The second kappa shape index (κ2) is 7.97. The first-order valence-electron chi connectivity index (χ1n) is 9.36. The molecule has 1 saturated heterocycles. The van der Waals surface area contributed by atoms with Gasteiger partial charge in [-0.15, -0.1) is 0 Å². The minimum absolute atomic E-state index is 0.0621. The lowest BCUT2D eigenvalue weighted by atomic mass is 9.82. The Balaban J connectivity index is 2.26. The molecule has 2 aromatic rings. The number of nitrogens with zero attached hydrogens (tertiary/aromatic N) is 4. The minimum Gasteiger partial charge on any atom is -0.711 e. The van der Waals surface area contributed by atoms with E-state index in [1.165, 1.54) is 38.4 Å². The van der Waals surface area contributed by atoms with Crippen molar-refractivity contribution < 1.29 is 32.6 Å². The van der Waals surface area contributed by atoms with E-state index in [-0.39, 0.29) is 17.1 Å². The van der Waals surface area contributed by atoms with E-state index in [9.17, 15) is 28.4 Å². The van der Waals surface area contributed by atoms with Gasteiger partial charge in [-0.25, -0.2) is 14.1 Å². The van der Waals surface area contributed by atoms with Gasteiger partial charge in [0.2, 0.25) is 11.8 Å². The first kappa shape index (κ1) is 22.2. The third-order valence-corrected chi connectivity index (χ3v) is 5.70. The standard InChI is InChI=1S/C20H22F2N4O5/c1-10-11(2)26(30)16(23(10)3)14(12-7-6-8-13(9-12)31-19(21)22)15-17(27)24(4)20(29)25(5)18(15)28/h6-9,14-15,19H,1-5H3/t14-/m0/s1. The van der Waals surface area contributed by atoms with Crippen LogP contribution in [0, 0.1) is 25.0 Å². The molecule has 3 rings (SSSR count). The molecule has 0 aliphatic carbocycles. The van der Waals surface area contributed by atoms with E-state index >= 15 is 0 Å². The predicted octanol–water partition coefficient (Wildman–Crippen LogP) is 1.68. The number of hydrogen-bond acceptors (Lipinski definition) is 5. The van der Waals surface area contributed by atoms with Crippen molar-refractivity contribution in [2.75, 3.05) is 14.1 Å². The Hall–Kier alpha value is -3.50. The SMILES string of the molecule is Cc1c(C)[n+]([O-])c([C@@H](c2cccc(OC(F)F)c2)C2C(=O)N(C)C(=O)N(C)C2=O)n1C. The average Bonchev–Trinajstić information content (AvgIpc) is 2.91. The third-order valence-electron chi connectivity index (χ3n) is 5.70.